The third-order valence-corrected chi connectivity index (χ3v) is 2.52. The molecule has 0 amide bonds. The van der Waals surface area contributed by atoms with Crippen LogP contribution < -0.4 is 0 Å². The third kappa shape index (κ3) is 2.89. The van der Waals surface area contributed by atoms with Crippen LogP contribution in [0.1, 0.15) is 25.5 Å². The van der Waals surface area contributed by atoms with Gasteiger partial charge in [-0.25, -0.2) is 4.98 Å². The smallest absolute Gasteiger partial charge is 0.195 e. The maximum Gasteiger partial charge on any atom is 0.195 e. The van der Waals surface area contributed by atoms with Crippen molar-refractivity contribution < 1.29 is 4.42 Å². The van der Waals surface area contributed by atoms with Gasteiger partial charge in [0.1, 0.15) is 5.76 Å². The van der Waals surface area contributed by atoms with E-state index in [9.17, 15) is 0 Å². The van der Waals surface area contributed by atoms with Crippen molar-refractivity contribution in [1.82, 2.24) is 4.98 Å². The Hall–Kier alpha value is -0.440. The molecule has 0 spiro atoms. The Morgan fingerprint density at radius 3 is 2.92 bits per heavy atom. The van der Waals surface area contributed by atoms with Crippen molar-refractivity contribution in [2.45, 2.75) is 26.7 Å². The first-order valence-corrected chi connectivity index (χ1v) is 5.53. The van der Waals surface area contributed by atoms with Crippen molar-refractivity contribution in [3.63, 3.8) is 0 Å². The van der Waals surface area contributed by atoms with Gasteiger partial charge in [0.15, 0.2) is 5.89 Å². The van der Waals surface area contributed by atoms with Crippen LogP contribution in [0.25, 0.3) is 0 Å². The van der Waals surface area contributed by atoms with E-state index in [1.807, 2.05) is 18.0 Å². The molecule has 0 N–H and O–H groups in total. The highest BCUT2D eigenvalue weighted by molar-refractivity contribution is 7.99. The van der Waals surface area contributed by atoms with Crippen LogP contribution in [0, 0.1) is 0 Å². The summed E-state index contributed by atoms with van der Waals surface area (Å²) in [6.07, 6.45) is 3.72. The lowest BCUT2D eigenvalue weighted by Crippen LogP contribution is -1.88. The molecule has 0 radical (unpaired) electrons. The lowest BCUT2D eigenvalue weighted by molar-refractivity contribution is 0.465. The summed E-state index contributed by atoms with van der Waals surface area (Å²) < 4.78 is 5.45. The zero-order chi connectivity index (χ0) is 8.81. The van der Waals surface area contributed by atoms with Crippen LogP contribution in [0.4, 0.5) is 0 Å². The molecule has 1 rings (SSSR count). The summed E-state index contributed by atoms with van der Waals surface area (Å²) in [5.41, 5.74) is 0. The number of aromatic nitrogens is 1. The van der Waals surface area contributed by atoms with Gasteiger partial charge in [0.05, 0.1) is 6.20 Å². The lowest BCUT2D eigenvalue weighted by atomic mass is 10.4. The van der Waals surface area contributed by atoms with Crippen molar-refractivity contribution >= 4 is 11.8 Å². The van der Waals surface area contributed by atoms with E-state index in [0.29, 0.717) is 0 Å². The summed E-state index contributed by atoms with van der Waals surface area (Å²) in [6.45, 7) is 4.24. The summed E-state index contributed by atoms with van der Waals surface area (Å²) in [6, 6.07) is 0. The monoisotopic (exact) mass is 185 g/mol. The highest BCUT2D eigenvalue weighted by Crippen LogP contribution is 2.08. The average molecular weight is 185 g/mol. The van der Waals surface area contributed by atoms with Crippen LogP contribution in [0.2, 0.25) is 0 Å². The topological polar surface area (TPSA) is 26.0 Å². The zero-order valence-corrected chi connectivity index (χ0v) is 8.49. The first-order chi connectivity index (χ1) is 5.86. The number of hydrogen-bond donors (Lipinski definition) is 0. The summed E-state index contributed by atoms with van der Waals surface area (Å²) in [4.78, 5) is 4.18. The van der Waals surface area contributed by atoms with Gasteiger partial charge in [0.25, 0.3) is 0 Å². The summed E-state index contributed by atoms with van der Waals surface area (Å²) >= 11 is 1.92. The second-order valence-electron chi connectivity index (χ2n) is 2.52. The van der Waals surface area contributed by atoms with Crippen molar-refractivity contribution in [3.8, 4) is 0 Å². The Labute approximate surface area is 77.8 Å². The van der Waals surface area contributed by atoms with Crippen LogP contribution in [0.5, 0.6) is 0 Å². The van der Waals surface area contributed by atoms with Crippen molar-refractivity contribution in [2.24, 2.45) is 0 Å². The van der Waals surface area contributed by atoms with Gasteiger partial charge in [-0.1, -0.05) is 13.8 Å². The Bertz CT molecular complexity index is 222. The predicted octanol–water partition coefficient (Wildman–Crippen LogP) is 2.53. The number of aryl methyl sites for hydroxylation is 2. The maximum atomic E-state index is 5.45. The quantitative estimate of drug-likeness (QED) is 0.659. The van der Waals surface area contributed by atoms with E-state index >= 15 is 0 Å². The Kier molecular flexibility index (Phi) is 4.22. The normalized spacial score (nSPS) is 10.5. The average Bonchev–Trinajstić information content (AvgIpc) is 2.53. The fourth-order valence-electron chi connectivity index (χ4n) is 0.931. The molecule has 2 nitrogen and oxygen atoms in total. The second-order valence-corrected chi connectivity index (χ2v) is 3.91. The minimum absolute atomic E-state index is 0.882. The van der Waals surface area contributed by atoms with E-state index in [0.717, 1.165) is 30.2 Å². The fourth-order valence-corrected chi connectivity index (χ4v) is 1.54. The molecule has 1 aromatic rings. The Morgan fingerprint density at radius 2 is 2.33 bits per heavy atom. The molecule has 3 heteroatoms. The largest absolute Gasteiger partial charge is 0.446 e. The molecular weight excluding hydrogens is 170 g/mol. The molecule has 1 heterocycles. The fraction of sp³-hybridized carbons (Fsp3) is 0.667. The first-order valence-electron chi connectivity index (χ1n) is 4.38. The molecule has 0 fully saturated rings. The SMILES string of the molecule is CCSCCc1ncc(CC)o1. The first kappa shape index (κ1) is 9.65. The number of thioether (sulfide) groups is 1. The van der Waals surface area contributed by atoms with E-state index in [-0.39, 0.29) is 0 Å². The van der Waals surface area contributed by atoms with Crippen LogP contribution in [-0.2, 0) is 12.8 Å². The van der Waals surface area contributed by atoms with E-state index < -0.39 is 0 Å². The van der Waals surface area contributed by atoms with Crippen molar-refractivity contribution in [3.05, 3.63) is 17.8 Å². The molecule has 0 atom stereocenters. The van der Waals surface area contributed by atoms with E-state index in [4.69, 9.17) is 4.42 Å². The van der Waals surface area contributed by atoms with Crippen LogP contribution >= 0.6 is 11.8 Å². The molecular formula is C9H15NOS. The van der Waals surface area contributed by atoms with Crippen molar-refractivity contribution in [1.29, 1.82) is 0 Å². The summed E-state index contributed by atoms with van der Waals surface area (Å²) in [5.74, 6) is 4.15. The van der Waals surface area contributed by atoms with Gasteiger partial charge in [-0.3, -0.25) is 0 Å². The van der Waals surface area contributed by atoms with Crippen LogP contribution in [0.15, 0.2) is 10.6 Å². The molecule has 0 unspecified atom stereocenters. The molecule has 68 valence electrons. The predicted molar refractivity (Wildman–Crippen MR) is 52.6 cm³/mol. The van der Waals surface area contributed by atoms with Gasteiger partial charge in [0, 0.05) is 18.6 Å². The Morgan fingerprint density at radius 1 is 1.50 bits per heavy atom. The van der Waals surface area contributed by atoms with E-state index in [1.165, 1.54) is 5.75 Å². The van der Waals surface area contributed by atoms with Crippen LogP contribution in [-0.4, -0.2) is 16.5 Å². The molecule has 0 aliphatic rings. The van der Waals surface area contributed by atoms with Gasteiger partial charge < -0.3 is 4.42 Å². The van der Waals surface area contributed by atoms with E-state index in [1.54, 1.807) is 0 Å². The van der Waals surface area contributed by atoms with E-state index in [2.05, 4.69) is 18.8 Å². The number of rotatable bonds is 5. The summed E-state index contributed by atoms with van der Waals surface area (Å²) in [5, 5.41) is 0. The lowest BCUT2D eigenvalue weighted by Gasteiger charge is -1.93. The Balaban J connectivity index is 2.31. The van der Waals surface area contributed by atoms with Gasteiger partial charge in [-0.15, -0.1) is 0 Å². The van der Waals surface area contributed by atoms with Gasteiger partial charge in [-0.2, -0.15) is 11.8 Å². The summed E-state index contributed by atoms with van der Waals surface area (Å²) in [7, 11) is 0. The number of hydrogen-bond acceptors (Lipinski definition) is 3. The molecule has 0 aliphatic carbocycles. The zero-order valence-electron chi connectivity index (χ0n) is 7.67. The molecule has 1 aromatic heterocycles. The van der Waals surface area contributed by atoms with Gasteiger partial charge in [-0.05, 0) is 5.75 Å². The molecule has 0 saturated heterocycles. The molecule has 0 saturated carbocycles. The highest BCUT2D eigenvalue weighted by atomic mass is 32.2. The van der Waals surface area contributed by atoms with Crippen LogP contribution in [0.3, 0.4) is 0 Å². The van der Waals surface area contributed by atoms with Crippen molar-refractivity contribution in [2.75, 3.05) is 11.5 Å². The number of oxazole rings is 1. The standard InChI is InChI=1S/C9H15NOS/c1-3-8-7-10-9(11-8)5-6-12-4-2/h7H,3-6H2,1-2H3. The minimum Gasteiger partial charge on any atom is -0.446 e. The molecule has 0 aliphatic heterocycles. The molecule has 0 bridgehead atoms. The van der Waals surface area contributed by atoms with Gasteiger partial charge in [0.2, 0.25) is 0 Å². The molecule has 0 aromatic carbocycles. The second kappa shape index (κ2) is 5.25. The maximum absolute atomic E-state index is 5.45. The minimum atomic E-state index is 0.882. The molecule has 12 heavy (non-hydrogen) atoms. The third-order valence-electron chi connectivity index (χ3n) is 1.61. The van der Waals surface area contributed by atoms with Gasteiger partial charge >= 0.3 is 0 Å². The highest BCUT2D eigenvalue weighted by Gasteiger charge is 2.00. The number of nitrogens with zero attached hydrogens (tertiary/aromatic N) is 1.